The molecule has 0 spiro atoms. The van der Waals surface area contributed by atoms with Crippen LogP contribution < -0.4 is 9.80 Å². The standard InChI is InChI=1S/C14H18N2O3/c1-9-4-5-11-14(10(9)2)15(3)12(17)6-7-16(11)8-13(18)19/h4-5H,6-8H2,1-3H3,(H,18,19). The molecular formula is C14H18N2O3. The molecule has 0 saturated heterocycles. The largest absolute Gasteiger partial charge is 0.480 e. The first-order chi connectivity index (χ1) is 8.91. The number of amides is 1. The second-order valence-electron chi connectivity index (χ2n) is 4.89. The summed E-state index contributed by atoms with van der Waals surface area (Å²) in [4.78, 5) is 26.4. The van der Waals surface area contributed by atoms with Gasteiger partial charge in [0.25, 0.3) is 0 Å². The Labute approximate surface area is 112 Å². The Morgan fingerprint density at radius 3 is 2.68 bits per heavy atom. The van der Waals surface area contributed by atoms with Gasteiger partial charge in [-0.05, 0) is 31.0 Å². The summed E-state index contributed by atoms with van der Waals surface area (Å²) in [5.41, 5.74) is 3.75. The van der Waals surface area contributed by atoms with E-state index in [1.54, 1.807) is 16.8 Å². The Balaban J connectivity index is 2.57. The molecule has 19 heavy (non-hydrogen) atoms. The zero-order chi connectivity index (χ0) is 14.2. The number of aliphatic carboxylic acids is 1. The van der Waals surface area contributed by atoms with E-state index in [-0.39, 0.29) is 12.5 Å². The normalized spacial score (nSPS) is 15.2. The van der Waals surface area contributed by atoms with Crippen LogP contribution in [0.4, 0.5) is 11.4 Å². The molecule has 0 bridgehead atoms. The third-order valence-electron chi connectivity index (χ3n) is 3.65. The quantitative estimate of drug-likeness (QED) is 0.878. The number of benzene rings is 1. The lowest BCUT2D eigenvalue weighted by molar-refractivity contribution is -0.135. The second kappa shape index (κ2) is 4.91. The van der Waals surface area contributed by atoms with Crippen molar-refractivity contribution in [2.75, 3.05) is 29.9 Å². The van der Waals surface area contributed by atoms with Crippen LogP contribution in [0.5, 0.6) is 0 Å². The second-order valence-corrected chi connectivity index (χ2v) is 4.89. The zero-order valence-corrected chi connectivity index (χ0v) is 11.4. The summed E-state index contributed by atoms with van der Waals surface area (Å²) in [6.45, 7) is 4.30. The minimum Gasteiger partial charge on any atom is -0.480 e. The van der Waals surface area contributed by atoms with Crippen LogP contribution in [0.25, 0.3) is 0 Å². The summed E-state index contributed by atoms with van der Waals surface area (Å²) >= 11 is 0. The SMILES string of the molecule is Cc1ccc2c(c1C)N(C)C(=O)CCN2CC(=O)O. The topological polar surface area (TPSA) is 60.9 Å². The zero-order valence-electron chi connectivity index (χ0n) is 11.4. The van der Waals surface area contributed by atoms with Crippen molar-refractivity contribution < 1.29 is 14.7 Å². The molecule has 1 amide bonds. The molecule has 1 aromatic rings. The molecule has 0 radical (unpaired) electrons. The Morgan fingerprint density at radius 1 is 1.37 bits per heavy atom. The molecule has 0 aliphatic carbocycles. The van der Waals surface area contributed by atoms with E-state index in [4.69, 9.17) is 5.11 Å². The Kier molecular flexibility index (Phi) is 3.46. The van der Waals surface area contributed by atoms with Gasteiger partial charge in [0.1, 0.15) is 6.54 Å². The molecule has 1 heterocycles. The van der Waals surface area contributed by atoms with Gasteiger partial charge in [0.15, 0.2) is 0 Å². The Bertz CT molecular complexity index is 540. The minimum absolute atomic E-state index is 0.0165. The number of nitrogens with zero attached hydrogens (tertiary/aromatic N) is 2. The van der Waals surface area contributed by atoms with E-state index in [1.807, 2.05) is 26.0 Å². The van der Waals surface area contributed by atoms with Gasteiger partial charge >= 0.3 is 5.97 Å². The first-order valence-corrected chi connectivity index (χ1v) is 6.25. The fraction of sp³-hybridized carbons (Fsp3) is 0.429. The van der Waals surface area contributed by atoms with E-state index in [0.29, 0.717) is 13.0 Å². The van der Waals surface area contributed by atoms with Crippen molar-refractivity contribution in [3.8, 4) is 0 Å². The first kappa shape index (κ1) is 13.4. The van der Waals surface area contributed by atoms with Gasteiger partial charge in [0.05, 0.1) is 11.4 Å². The third-order valence-corrected chi connectivity index (χ3v) is 3.65. The maximum absolute atomic E-state index is 12.0. The van der Waals surface area contributed by atoms with E-state index in [9.17, 15) is 9.59 Å². The van der Waals surface area contributed by atoms with Crippen LogP contribution in [0.2, 0.25) is 0 Å². The predicted molar refractivity (Wildman–Crippen MR) is 73.8 cm³/mol. The number of carbonyl (C=O) groups excluding carboxylic acids is 1. The molecule has 102 valence electrons. The molecule has 0 fully saturated rings. The summed E-state index contributed by atoms with van der Waals surface area (Å²) in [6, 6.07) is 3.86. The van der Waals surface area contributed by atoms with Crippen molar-refractivity contribution in [3.05, 3.63) is 23.3 Å². The summed E-state index contributed by atoms with van der Waals surface area (Å²) in [7, 11) is 1.75. The maximum atomic E-state index is 12.0. The molecule has 1 aliphatic heterocycles. The number of carbonyl (C=O) groups is 2. The van der Waals surface area contributed by atoms with Crippen LogP contribution in [0.3, 0.4) is 0 Å². The Morgan fingerprint density at radius 2 is 2.05 bits per heavy atom. The van der Waals surface area contributed by atoms with E-state index < -0.39 is 5.97 Å². The molecule has 5 nitrogen and oxygen atoms in total. The van der Waals surface area contributed by atoms with Crippen molar-refractivity contribution in [1.82, 2.24) is 0 Å². The smallest absolute Gasteiger partial charge is 0.323 e. The van der Waals surface area contributed by atoms with Crippen molar-refractivity contribution >= 4 is 23.3 Å². The summed E-state index contributed by atoms with van der Waals surface area (Å²) in [5.74, 6) is -0.871. The van der Waals surface area contributed by atoms with Gasteiger partial charge in [-0.25, -0.2) is 0 Å². The van der Waals surface area contributed by atoms with Crippen molar-refractivity contribution in [2.24, 2.45) is 0 Å². The molecule has 1 N–H and O–H groups in total. The number of carboxylic acid groups (broad SMARTS) is 1. The van der Waals surface area contributed by atoms with Crippen molar-refractivity contribution in [2.45, 2.75) is 20.3 Å². The lowest BCUT2D eigenvalue weighted by atomic mass is 10.1. The lowest BCUT2D eigenvalue weighted by Crippen LogP contribution is -2.30. The molecule has 5 heteroatoms. The highest BCUT2D eigenvalue weighted by Gasteiger charge is 2.26. The van der Waals surface area contributed by atoms with Crippen molar-refractivity contribution in [1.29, 1.82) is 0 Å². The average molecular weight is 262 g/mol. The summed E-state index contributed by atoms with van der Waals surface area (Å²) in [6.07, 6.45) is 0.330. The molecule has 0 saturated carbocycles. The van der Waals surface area contributed by atoms with Gasteiger partial charge in [-0.2, -0.15) is 0 Å². The van der Waals surface area contributed by atoms with E-state index >= 15 is 0 Å². The van der Waals surface area contributed by atoms with Gasteiger partial charge in [-0.1, -0.05) is 6.07 Å². The fourth-order valence-electron chi connectivity index (χ4n) is 2.44. The van der Waals surface area contributed by atoms with Gasteiger partial charge in [0, 0.05) is 20.0 Å². The average Bonchev–Trinajstić information content (AvgIpc) is 2.46. The van der Waals surface area contributed by atoms with Crippen LogP contribution >= 0.6 is 0 Å². The van der Waals surface area contributed by atoms with Gasteiger partial charge < -0.3 is 14.9 Å². The van der Waals surface area contributed by atoms with Crippen LogP contribution in [-0.2, 0) is 9.59 Å². The van der Waals surface area contributed by atoms with Crippen molar-refractivity contribution in [3.63, 3.8) is 0 Å². The fourth-order valence-corrected chi connectivity index (χ4v) is 2.44. The number of aryl methyl sites for hydroxylation is 1. The minimum atomic E-state index is -0.888. The lowest BCUT2D eigenvalue weighted by Gasteiger charge is -2.26. The number of fused-ring (bicyclic) bond motifs is 1. The number of anilines is 2. The first-order valence-electron chi connectivity index (χ1n) is 6.25. The molecule has 2 rings (SSSR count). The van der Waals surface area contributed by atoms with E-state index in [0.717, 1.165) is 22.5 Å². The molecule has 1 aliphatic rings. The van der Waals surface area contributed by atoms with E-state index in [1.165, 1.54) is 0 Å². The molecule has 0 aromatic heterocycles. The van der Waals surface area contributed by atoms with Gasteiger partial charge in [-0.3, -0.25) is 9.59 Å². The molecule has 0 atom stereocenters. The number of carboxylic acids is 1. The van der Waals surface area contributed by atoms with Crippen LogP contribution in [0.1, 0.15) is 17.5 Å². The van der Waals surface area contributed by atoms with Crippen LogP contribution in [0, 0.1) is 13.8 Å². The number of hydrogen-bond donors (Lipinski definition) is 1. The number of rotatable bonds is 2. The number of hydrogen-bond acceptors (Lipinski definition) is 3. The van der Waals surface area contributed by atoms with Crippen LogP contribution in [-0.4, -0.2) is 37.1 Å². The van der Waals surface area contributed by atoms with Gasteiger partial charge in [-0.15, -0.1) is 0 Å². The third kappa shape index (κ3) is 2.41. The molecule has 0 unspecified atom stereocenters. The summed E-state index contributed by atoms with van der Waals surface area (Å²) < 4.78 is 0. The van der Waals surface area contributed by atoms with Crippen LogP contribution in [0.15, 0.2) is 12.1 Å². The predicted octanol–water partition coefficient (Wildman–Crippen LogP) is 1.56. The maximum Gasteiger partial charge on any atom is 0.323 e. The molecular weight excluding hydrogens is 244 g/mol. The Hall–Kier alpha value is -2.04. The highest BCUT2D eigenvalue weighted by molar-refractivity contribution is 6.00. The summed E-state index contributed by atoms with van der Waals surface area (Å²) in [5, 5.41) is 9.00. The van der Waals surface area contributed by atoms with E-state index in [2.05, 4.69) is 0 Å². The monoisotopic (exact) mass is 262 g/mol. The van der Waals surface area contributed by atoms with Gasteiger partial charge in [0.2, 0.25) is 5.91 Å². The molecule has 1 aromatic carbocycles. The highest BCUT2D eigenvalue weighted by Crippen LogP contribution is 2.36. The highest BCUT2D eigenvalue weighted by atomic mass is 16.4.